The molecule has 0 bridgehead atoms. The molecule has 1 aliphatic rings. The maximum Gasteiger partial charge on any atom is 0.245 e. The van der Waals surface area contributed by atoms with Crippen LogP contribution in [0.15, 0.2) is 9.98 Å². The van der Waals surface area contributed by atoms with Gasteiger partial charge in [0, 0.05) is 14.0 Å². The zero-order valence-electron chi connectivity index (χ0n) is 9.96. The molecule has 5 nitrogen and oxygen atoms in total. The maximum atomic E-state index is 10.9. The molecule has 1 N–H and O–H groups in total. The van der Waals surface area contributed by atoms with Crippen molar-refractivity contribution in [3.05, 3.63) is 0 Å². The Hall–Kier alpha value is -1.17. The Bertz CT molecular complexity index is 329. The van der Waals surface area contributed by atoms with Gasteiger partial charge in [0.25, 0.3) is 0 Å². The lowest BCUT2D eigenvalue weighted by molar-refractivity contribution is -0.115. The van der Waals surface area contributed by atoms with Crippen molar-refractivity contribution < 1.29 is 4.79 Å². The van der Waals surface area contributed by atoms with E-state index in [9.17, 15) is 4.79 Å². The van der Waals surface area contributed by atoms with Crippen LogP contribution in [-0.4, -0.2) is 44.0 Å². The molecular formula is C9H18N4OSi. The molecule has 0 aromatic heterocycles. The molecule has 0 saturated heterocycles. The van der Waals surface area contributed by atoms with Crippen LogP contribution in [0, 0.1) is 0 Å². The van der Waals surface area contributed by atoms with Gasteiger partial charge in [-0.25, -0.2) is 0 Å². The summed E-state index contributed by atoms with van der Waals surface area (Å²) in [7, 11) is 0.402. The highest BCUT2D eigenvalue weighted by Crippen LogP contribution is 2.06. The van der Waals surface area contributed by atoms with E-state index in [0.717, 1.165) is 5.46 Å². The molecule has 0 radical (unpaired) electrons. The lowest BCUT2D eigenvalue weighted by Crippen LogP contribution is -2.55. The molecule has 1 amide bonds. The third-order valence-corrected chi connectivity index (χ3v) is 3.71. The summed E-state index contributed by atoms with van der Waals surface area (Å²) in [5, 5.41) is 3.14. The Labute approximate surface area is 91.3 Å². The molecule has 6 heteroatoms. The molecule has 84 valence electrons. The minimum absolute atomic E-state index is 0.193. The molecule has 0 aromatic rings. The Kier molecular flexibility index (Phi) is 3.28. The van der Waals surface area contributed by atoms with Crippen molar-refractivity contribution in [2.75, 3.05) is 13.7 Å². The second-order valence-electron chi connectivity index (χ2n) is 4.68. The van der Waals surface area contributed by atoms with Gasteiger partial charge in [-0.15, -0.1) is 0 Å². The Morgan fingerprint density at radius 2 is 2.13 bits per heavy atom. The topological polar surface area (TPSA) is 57.1 Å². The van der Waals surface area contributed by atoms with Crippen molar-refractivity contribution in [1.29, 1.82) is 0 Å². The van der Waals surface area contributed by atoms with E-state index >= 15 is 0 Å². The average molecular weight is 226 g/mol. The number of aliphatic imine (C=N–C) groups is 2. The molecular weight excluding hydrogens is 208 g/mol. The van der Waals surface area contributed by atoms with Crippen LogP contribution in [0.3, 0.4) is 0 Å². The summed E-state index contributed by atoms with van der Waals surface area (Å²) >= 11 is 0. The number of hydrogen-bond acceptors (Lipinski definition) is 2. The van der Waals surface area contributed by atoms with Crippen molar-refractivity contribution in [1.82, 2.24) is 10.2 Å². The summed E-state index contributed by atoms with van der Waals surface area (Å²) in [6.07, 6.45) is 0. The van der Waals surface area contributed by atoms with Gasteiger partial charge < -0.3 is 10.2 Å². The summed E-state index contributed by atoms with van der Waals surface area (Å²) in [5.74, 6) is 0.413. The molecule has 0 aliphatic carbocycles. The maximum absolute atomic E-state index is 10.9. The first-order chi connectivity index (χ1) is 6.80. The lowest BCUT2D eigenvalue weighted by Gasteiger charge is -2.30. The van der Waals surface area contributed by atoms with Gasteiger partial charge in [0.2, 0.25) is 11.9 Å². The monoisotopic (exact) mass is 226 g/mol. The number of carbonyl (C=O) groups excluding carboxylic acids is 1. The van der Waals surface area contributed by atoms with Crippen molar-refractivity contribution in [3.63, 3.8) is 0 Å². The molecule has 0 atom stereocenters. The van der Waals surface area contributed by atoms with Crippen molar-refractivity contribution >= 4 is 25.4 Å². The second kappa shape index (κ2) is 4.14. The third-order valence-electron chi connectivity index (χ3n) is 2.01. The van der Waals surface area contributed by atoms with Gasteiger partial charge in [0.05, 0.1) is 5.46 Å². The smallest absolute Gasteiger partial charge is 0.245 e. The van der Waals surface area contributed by atoms with Gasteiger partial charge in [-0.2, -0.15) is 4.99 Å². The quantitative estimate of drug-likeness (QED) is 0.668. The second-order valence-corrected chi connectivity index (χ2v) is 9.65. The number of rotatable bonds is 1. The fourth-order valence-electron chi connectivity index (χ4n) is 1.17. The Balaban J connectivity index is 2.90. The first-order valence-electron chi connectivity index (χ1n) is 4.93. The number of carbonyl (C=O) groups is 1. The highest BCUT2D eigenvalue weighted by molar-refractivity contribution is 7.04. The number of nitrogens with one attached hydrogen (secondary N) is 1. The van der Waals surface area contributed by atoms with Crippen molar-refractivity contribution in [3.8, 4) is 0 Å². The molecule has 1 heterocycles. The summed E-state index contributed by atoms with van der Waals surface area (Å²) in [6, 6.07) is 0. The average Bonchev–Trinajstić information content (AvgIpc) is 2.06. The molecule has 1 aliphatic heterocycles. The van der Waals surface area contributed by atoms with E-state index in [4.69, 9.17) is 0 Å². The van der Waals surface area contributed by atoms with E-state index in [2.05, 4.69) is 34.9 Å². The number of nitrogens with zero attached hydrogens (tertiary/aromatic N) is 3. The predicted molar refractivity (Wildman–Crippen MR) is 64.7 cm³/mol. The van der Waals surface area contributed by atoms with Crippen LogP contribution in [0.4, 0.5) is 0 Å². The summed E-state index contributed by atoms with van der Waals surface area (Å²) < 4.78 is 0. The highest BCUT2D eigenvalue weighted by atomic mass is 28.3. The fraction of sp³-hybridized carbons (Fsp3) is 0.667. The van der Waals surface area contributed by atoms with Crippen molar-refractivity contribution in [2.24, 2.45) is 9.98 Å². The van der Waals surface area contributed by atoms with Gasteiger partial charge in [0.15, 0.2) is 0 Å². The van der Waals surface area contributed by atoms with E-state index < -0.39 is 8.07 Å². The first-order valence-corrected chi connectivity index (χ1v) is 8.43. The van der Waals surface area contributed by atoms with Crippen LogP contribution in [0.2, 0.25) is 19.6 Å². The van der Waals surface area contributed by atoms with Gasteiger partial charge in [-0.3, -0.25) is 9.79 Å². The van der Waals surface area contributed by atoms with Crippen LogP contribution in [0.1, 0.15) is 6.92 Å². The van der Waals surface area contributed by atoms with Gasteiger partial charge in [-0.05, 0) is 0 Å². The minimum atomic E-state index is -1.46. The Morgan fingerprint density at radius 3 is 2.60 bits per heavy atom. The predicted octanol–water partition coefficient (Wildman–Crippen LogP) is 0.657. The lowest BCUT2D eigenvalue weighted by atomic mass is 10.6. The molecule has 15 heavy (non-hydrogen) atoms. The van der Waals surface area contributed by atoms with Crippen LogP contribution in [0.25, 0.3) is 0 Å². The standard InChI is InChI=1S/C9H18N4OSi/c1-7(14)11-8-12-9(15(3,4)5)10-6-13(8)2/h6H2,1-5H3,(H,10,11,12,14). The van der Waals surface area contributed by atoms with Crippen LogP contribution in [0.5, 0.6) is 0 Å². The number of amides is 1. The van der Waals surface area contributed by atoms with Gasteiger partial charge in [-0.1, -0.05) is 19.6 Å². The molecule has 0 aromatic carbocycles. The first kappa shape index (κ1) is 11.9. The molecule has 0 spiro atoms. The van der Waals surface area contributed by atoms with Gasteiger partial charge >= 0.3 is 0 Å². The zero-order chi connectivity index (χ0) is 11.6. The summed E-state index contributed by atoms with van der Waals surface area (Å²) in [5.41, 5.74) is 1.00. The van der Waals surface area contributed by atoms with E-state index in [1.807, 2.05) is 11.9 Å². The number of guanidine groups is 1. The summed E-state index contributed by atoms with van der Waals surface area (Å²) in [6.45, 7) is 8.63. The highest BCUT2D eigenvalue weighted by Gasteiger charge is 2.26. The fourth-order valence-corrected chi connectivity index (χ4v) is 2.20. The van der Waals surface area contributed by atoms with Crippen LogP contribution < -0.4 is 5.32 Å². The van der Waals surface area contributed by atoms with Crippen molar-refractivity contribution in [2.45, 2.75) is 26.6 Å². The van der Waals surface area contributed by atoms with E-state index in [0.29, 0.717) is 12.6 Å². The minimum Gasteiger partial charge on any atom is -0.326 e. The molecule has 0 fully saturated rings. The van der Waals surface area contributed by atoms with Crippen LogP contribution in [-0.2, 0) is 4.79 Å². The SMILES string of the molecule is CC(=O)N=C1NC([Si](C)(C)C)=NCN1C. The van der Waals surface area contributed by atoms with Crippen LogP contribution >= 0.6 is 0 Å². The molecule has 0 saturated carbocycles. The number of amidine groups is 1. The van der Waals surface area contributed by atoms with E-state index in [-0.39, 0.29) is 5.91 Å². The molecule has 1 rings (SSSR count). The number of hydrogen-bond donors (Lipinski definition) is 1. The third kappa shape index (κ3) is 3.16. The zero-order valence-corrected chi connectivity index (χ0v) is 11.0. The summed E-state index contributed by atoms with van der Waals surface area (Å²) in [4.78, 5) is 21.1. The largest absolute Gasteiger partial charge is 0.326 e. The van der Waals surface area contributed by atoms with Gasteiger partial charge in [0.1, 0.15) is 14.7 Å². The molecule has 0 unspecified atom stereocenters. The Morgan fingerprint density at radius 1 is 1.53 bits per heavy atom. The normalized spacial score (nSPS) is 19.9. The van der Waals surface area contributed by atoms with E-state index in [1.54, 1.807) is 0 Å². The van der Waals surface area contributed by atoms with E-state index in [1.165, 1.54) is 6.92 Å².